The molecule has 0 spiro atoms. The number of nitrogens with zero attached hydrogens (tertiary/aromatic N) is 1. The highest BCUT2D eigenvalue weighted by molar-refractivity contribution is 5.33. The van der Waals surface area contributed by atoms with Crippen molar-refractivity contribution in [2.45, 2.75) is 57.7 Å². The molecular formula is C17H26N2. The van der Waals surface area contributed by atoms with E-state index in [1.807, 2.05) is 0 Å². The highest BCUT2D eigenvalue weighted by Crippen LogP contribution is 2.29. The molecule has 1 unspecified atom stereocenters. The van der Waals surface area contributed by atoms with Crippen LogP contribution >= 0.6 is 0 Å². The molecule has 3 rings (SSSR count). The smallest absolute Gasteiger partial charge is 0.0208 e. The van der Waals surface area contributed by atoms with Crippen molar-refractivity contribution in [3.8, 4) is 0 Å². The molecule has 2 nitrogen and oxygen atoms in total. The fraction of sp³-hybridized carbons (Fsp3) is 0.647. The highest BCUT2D eigenvalue weighted by Gasteiger charge is 2.29. The predicted octanol–water partition coefficient (Wildman–Crippen LogP) is 3.14. The van der Waals surface area contributed by atoms with Gasteiger partial charge in [-0.05, 0) is 37.8 Å². The summed E-state index contributed by atoms with van der Waals surface area (Å²) in [4.78, 5) is 2.73. The molecule has 3 atom stereocenters. The van der Waals surface area contributed by atoms with Crippen LogP contribution in [0.5, 0.6) is 0 Å². The van der Waals surface area contributed by atoms with Gasteiger partial charge in [-0.2, -0.15) is 0 Å². The highest BCUT2D eigenvalue weighted by atomic mass is 15.2. The third-order valence-electron chi connectivity index (χ3n) is 5.01. The number of fused-ring (bicyclic) bond motifs is 1. The molecule has 1 saturated heterocycles. The first-order valence-electron chi connectivity index (χ1n) is 7.80. The fourth-order valence-corrected chi connectivity index (χ4v) is 3.84. The topological polar surface area (TPSA) is 15.3 Å². The molecule has 104 valence electrons. The normalized spacial score (nSPS) is 32.0. The SMILES string of the molecule is C[C@@H]1CCC[C@H](C)N1CC1CNCc2ccccc21. The van der Waals surface area contributed by atoms with Gasteiger partial charge in [0.25, 0.3) is 0 Å². The lowest BCUT2D eigenvalue weighted by atomic mass is 9.88. The molecule has 0 bridgehead atoms. The fourth-order valence-electron chi connectivity index (χ4n) is 3.84. The largest absolute Gasteiger partial charge is 0.312 e. The minimum absolute atomic E-state index is 0.660. The molecular weight excluding hydrogens is 232 g/mol. The minimum Gasteiger partial charge on any atom is -0.312 e. The maximum absolute atomic E-state index is 3.58. The van der Waals surface area contributed by atoms with Crippen molar-refractivity contribution in [2.75, 3.05) is 13.1 Å². The summed E-state index contributed by atoms with van der Waals surface area (Å²) in [5.41, 5.74) is 3.07. The van der Waals surface area contributed by atoms with Crippen molar-refractivity contribution in [2.24, 2.45) is 0 Å². The van der Waals surface area contributed by atoms with Gasteiger partial charge in [-0.25, -0.2) is 0 Å². The molecule has 1 aromatic carbocycles. The molecule has 2 aliphatic heterocycles. The van der Waals surface area contributed by atoms with E-state index in [0.717, 1.165) is 25.2 Å². The van der Waals surface area contributed by atoms with Gasteiger partial charge >= 0.3 is 0 Å². The molecule has 0 aliphatic carbocycles. The van der Waals surface area contributed by atoms with Gasteiger partial charge in [0, 0.05) is 37.6 Å². The summed E-state index contributed by atoms with van der Waals surface area (Å²) in [6, 6.07) is 10.5. The van der Waals surface area contributed by atoms with E-state index in [1.54, 1.807) is 5.56 Å². The van der Waals surface area contributed by atoms with Crippen LogP contribution in [0.4, 0.5) is 0 Å². The molecule has 1 fully saturated rings. The average molecular weight is 258 g/mol. The molecule has 0 radical (unpaired) electrons. The molecule has 2 heteroatoms. The van der Waals surface area contributed by atoms with Gasteiger partial charge in [0.15, 0.2) is 0 Å². The summed E-state index contributed by atoms with van der Waals surface area (Å²) < 4.78 is 0. The van der Waals surface area contributed by atoms with Gasteiger partial charge in [-0.1, -0.05) is 30.7 Å². The number of rotatable bonds is 2. The minimum atomic E-state index is 0.660. The Labute approximate surface area is 117 Å². The van der Waals surface area contributed by atoms with Crippen LogP contribution in [-0.4, -0.2) is 30.1 Å². The van der Waals surface area contributed by atoms with Gasteiger partial charge in [0.05, 0.1) is 0 Å². The summed E-state index contributed by atoms with van der Waals surface area (Å²) in [5.74, 6) is 0.660. The molecule has 0 amide bonds. The summed E-state index contributed by atoms with van der Waals surface area (Å²) >= 11 is 0. The Balaban J connectivity index is 1.77. The van der Waals surface area contributed by atoms with Crippen LogP contribution < -0.4 is 5.32 Å². The zero-order chi connectivity index (χ0) is 13.2. The molecule has 0 aromatic heterocycles. The Hall–Kier alpha value is -0.860. The van der Waals surface area contributed by atoms with E-state index >= 15 is 0 Å². The first-order chi connectivity index (χ1) is 9.25. The van der Waals surface area contributed by atoms with Crippen LogP contribution in [0.1, 0.15) is 50.2 Å². The Kier molecular flexibility index (Phi) is 3.90. The van der Waals surface area contributed by atoms with Gasteiger partial charge in [0.2, 0.25) is 0 Å². The van der Waals surface area contributed by atoms with Crippen LogP contribution in [0.2, 0.25) is 0 Å². The zero-order valence-corrected chi connectivity index (χ0v) is 12.2. The number of piperidine rings is 1. The summed E-state index contributed by atoms with van der Waals surface area (Å²) in [6.07, 6.45) is 4.14. The van der Waals surface area contributed by atoms with E-state index in [4.69, 9.17) is 0 Å². The Morgan fingerprint density at radius 2 is 1.89 bits per heavy atom. The second kappa shape index (κ2) is 5.64. The quantitative estimate of drug-likeness (QED) is 0.876. The number of likely N-dealkylation sites (tertiary alicyclic amines) is 1. The lowest BCUT2D eigenvalue weighted by Gasteiger charge is -2.42. The van der Waals surface area contributed by atoms with Gasteiger partial charge < -0.3 is 5.32 Å². The van der Waals surface area contributed by atoms with Gasteiger partial charge in [-0.15, -0.1) is 0 Å². The molecule has 19 heavy (non-hydrogen) atoms. The lowest BCUT2D eigenvalue weighted by Crippen LogP contribution is -2.47. The zero-order valence-electron chi connectivity index (χ0n) is 12.2. The van der Waals surface area contributed by atoms with E-state index in [2.05, 4.69) is 48.3 Å². The second-order valence-corrected chi connectivity index (χ2v) is 6.35. The maximum Gasteiger partial charge on any atom is 0.0208 e. The van der Waals surface area contributed by atoms with E-state index in [1.165, 1.54) is 31.4 Å². The standard InChI is InChI=1S/C17H26N2/c1-13-6-5-7-14(2)19(13)12-16-11-18-10-15-8-3-4-9-17(15)16/h3-4,8-9,13-14,16,18H,5-7,10-12H2,1-2H3/t13-,14+,16?. The van der Waals surface area contributed by atoms with Crippen LogP contribution in [0.3, 0.4) is 0 Å². The third-order valence-corrected chi connectivity index (χ3v) is 5.01. The Bertz CT molecular complexity index is 419. The van der Waals surface area contributed by atoms with Crippen molar-refractivity contribution in [3.05, 3.63) is 35.4 Å². The molecule has 1 N–H and O–H groups in total. The summed E-state index contributed by atoms with van der Waals surface area (Å²) in [5, 5.41) is 3.58. The maximum atomic E-state index is 3.58. The Morgan fingerprint density at radius 1 is 1.16 bits per heavy atom. The van der Waals surface area contributed by atoms with Crippen LogP contribution in [-0.2, 0) is 6.54 Å². The van der Waals surface area contributed by atoms with E-state index in [0.29, 0.717) is 5.92 Å². The van der Waals surface area contributed by atoms with E-state index in [9.17, 15) is 0 Å². The number of hydrogen-bond acceptors (Lipinski definition) is 2. The lowest BCUT2D eigenvalue weighted by molar-refractivity contribution is 0.0942. The molecule has 2 heterocycles. The monoisotopic (exact) mass is 258 g/mol. The number of nitrogens with one attached hydrogen (secondary N) is 1. The first-order valence-corrected chi connectivity index (χ1v) is 7.80. The van der Waals surface area contributed by atoms with Crippen molar-refractivity contribution in [1.29, 1.82) is 0 Å². The van der Waals surface area contributed by atoms with Gasteiger partial charge in [0.1, 0.15) is 0 Å². The van der Waals surface area contributed by atoms with Crippen molar-refractivity contribution in [1.82, 2.24) is 10.2 Å². The van der Waals surface area contributed by atoms with Crippen LogP contribution in [0.15, 0.2) is 24.3 Å². The van der Waals surface area contributed by atoms with E-state index in [-0.39, 0.29) is 0 Å². The molecule has 1 aromatic rings. The molecule has 0 saturated carbocycles. The van der Waals surface area contributed by atoms with Gasteiger partial charge in [-0.3, -0.25) is 4.90 Å². The average Bonchev–Trinajstić information content (AvgIpc) is 2.43. The van der Waals surface area contributed by atoms with Crippen molar-refractivity contribution >= 4 is 0 Å². The van der Waals surface area contributed by atoms with Crippen molar-refractivity contribution in [3.63, 3.8) is 0 Å². The van der Waals surface area contributed by atoms with Crippen LogP contribution in [0.25, 0.3) is 0 Å². The summed E-state index contributed by atoms with van der Waals surface area (Å²) in [6.45, 7) is 8.19. The first kappa shape index (κ1) is 13.1. The summed E-state index contributed by atoms with van der Waals surface area (Å²) in [7, 11) is 0. The third kappa shape index (κ3) is 2.70. The second-order valence-electron chi connectivity index (χ2n) is 6.35. The van der Waals surface area contributed by atoms with Crippen LogP contribution in [0, 0.1) is 0 Å². The molecule has 2 aliphatic rings. The predicted molar refractivity (Wildman–Crippen MR) is 80.4 cm³/mol. The number of benzene rings is 1. The number of hydrogen-bond donors (Lipinski definition) is 1. The van der Waals surface area contributed by atoms with E-state index < -0.39 is 0 Å². The van der Waals surface area contributed by atoms with Crippen molar-refractivity contribution < 1.29 is 0 Å². The Morgan fingerprint density at radius 3 is 2.68 bits per heavy atom.